The van der Waals surface area contributed by atoms with E-state index in [1.54, 1.807) is 24.8 Å². The summed E-state index contributed by atoms with van der Waals surface area (Å²) in [7, 11) is 0. The van der Waals surface area contributed by atoms with E-state index in [2.05, 4.69) is 39.8 Å². The summed E-state index contributed by atoms with van der Waals surface area (Å²) in [5.41, 5.74) is 5.35. The predicted molar refractivity (Wildman–Crippen MR) is 106 cm³/mol. The van der Waals surface area contributed by atoms with E-state index in [1.165, 1.54) is 11.5 Å². The molecular weight excluding hydrogens is 374 g/mol. The van der Waals surface area contributed by atoms with Gasteiger partial charge in [-0.3, -0.25) is 19.5 Å². The molecule has 0 aromatic carbocycles. The fourth-order valence-electron chi connectivity index (χ4n) is 2.97. The van der Waals surface area contributed by atoms with Crippen LogP contribution in [0.15, 0.2) is 49.4 Å². The molecule has 0 radical (unpaired) electrons. The highest BCUT2D eigenvalue weighted by Crippen LogP contribution is 2.27. The third kappa shape index (κ3) is 3.09. The average Bonchev–Trinajstić information content (AvgIpc) is 3.43. The molecule has 9 nitrogen and oxygen atoms in total. The van der Waals surface area contributed by atoms with E-state index >= 15 is 0 Å². The number of nitrogens with zero attached hydrogens (tertiary/aromatic N) is 7. The Morgan fingerprint density at radius 2 is 2.11 bits per heavy atom. The Morgan fingerprint density at radius 1 is 1.14 bits per heavy atom. The summed E-state index contributed by atoms with van der Waals surface area (Å²) in [6.07, 6.45) is 13.1. The molecule has 0 saturated carbocycles. The van der Waals surface area contributed by atoms with Crippen molar-refractivity contribution in [2.75, 3.05) is 5.32 Å². The number of anilines is 2. The molecule has 0 bridgehead atoms. The molecular formula is C18H15N9S. The van der Waals surface area contributed by atoms with Gasteiger partial charge in [0.2, 0.25) is 0 Å². The smallest absolute Gasteiger partial charge is 0.180 e. The summed E-state index contributed by atoms with van der Waals surface area (Å²) in [6, 6.07) is 2.00. The van der Waals surface area contributed by atoms with Gasteiger partial charge in [-0.2, -0.15) is 9.47 Å². The first-order valence-corrected chi connectivity index (χ1v) is 9.35. The lowest BCUT2D eigenvalue weighted by Gasteiger charge is -2.07. The number of imidazole rings is 1. The van der Waals surface area contributed by atoms with Gasteiger partial charge in [0.05, 0.1) is 35.2 Å². The lowest BCUT2D eigenvalue weighted by Crippen LogP contribution is -2.00. The SMILES string of the molecule is Cc1cn2c(-c3cn[nH]c3)cnc2c(Nc2cc(Cc3cnccn3)ns2)n1. The maximum absolute atomic E-state index is 4.62. The maximum Gasteiger partial charge on any atom is 0.180 e. The highest BCUT2D eigenvalue weighted by molar-refractivity contribution is 7.10. The van der Waals surface area contributed by atoms with Crippen LogP contribution in [0.25, 0.3) is 16.9 Å². The van der Waals surface area contributed by atoms with Gasteiger partial charge in [-0.15, -0.1) is 0 Å². The number of aromatic nitrogens is 8. The highest BCUT2D eigenvalue weighted by Gasteiger charge is 2.14. The van der Waals surface area contributed by atoms with Crippen LogP contribution in [-0.4, -0.2) is 38.9 Å². The Labute approximate surface area is 163 Å². The molecule has 5 aromatic rings. The van der Waals surface area contributed by atoms with Crippen molar-refractivity contribution in [1.29, 1.82) is 0 Å². The van der Waals surface area contributed by atoms with Crippen LogP contribution in [0.4, 0.5) is 10.8 Å². The van der Waals surface area contributed by atoms with E-state index < -0.39 is 0 Å². The van der Waals surface area contributed by atoms with E-state index in [4.69, 9.17) is 0 Å². The lowest BCUT2D eigenvalue weighted by atomic mass is 10.2. The Balaban J connectivity index is 1.46. The zero-order valence-electron chi connectivity index (χ0n) is 14.9. The first-order chi connectivity index (χ1) is 13.8. The molecule has 0 aliphatic rings. The minimum Gasteiger partial charge on any atom is -0.328 e. The van der Waals surface area contributed by atoms with Gasteiger partial charge < -0.3 is 5.32 Å². The zero-order valence-corrected chi connectivity index (χ0v) is 15.7. The Bertz CT molecular complexity index is 1220. The summed E-state index contributed by atoms with van der Waals surface area (Å²) in [4.78, 5) is 17.6. The minimum absolute atomic E-state index is 0.636. The monoisotopic (exact) mass is 389 g/mol. The first-order valence-electron chi connectivity index (χ1n) is 8.57. The zero-order chi connectivity index (χ0) is 18.9. The molecule has 0 fully saturated rings. The van der Waals surface area contributed by atoms with Crippen LogP contribution in [0, 0.1) is 6.92 Å². The van der Waals surface area contributed by atoms with Crippen molar-refractivity contribution in [2.45, 2.75) is 13.3 Å². The molecule has 0 aliphatic heterocycles. The van der Waals surface area contributed by atoms with Gasteiger partial charge in [-0.05, 0) is 24.5 Å². The molecule has 5 aromatic heterocycles. The molecule has 5 rings (SSSR count). The Hall–Kier alpha value is -3.66. The Kier molecular flexibility index (Phi) is 4.02. The van der Waals surface area contributed by atoms with Crippen molar-refractivity contribution in [2.24, 2.45) is 0 Å². The Morgan fingerprint density at radius 3 is 2.93 bits per heavy atom. The summed E-state index contributed by atoms with van der Waals surface area (Å²) < 4.78 is 6.51. The van der Waals surface area contributed by atoms with E-state index in [0.29, 0.717) is 12.2 Å². The van der Waals surface area contributed by atoms with Crippen molar-refractivity contribution < 1.29 is 0 Å². The van der Waals surface area contributed by atoms with Crippen LogP contribution in [0.1, 0.15) is 17.1 Å². The van der Waals surface area contributed by atoms with Crippen molar-refractivity contribution >= 4 is 28.0 Å². The summed E-state index contributed by atoms with van der Waals surface area (Å²) >= 11 is 1.38. The van der Waals surface area contributed by atoms with Gasteiger partial charge in [0.15, 0.2) is 11.5 Å². The number of hydrogen-bond donors (Lipinski definition) is 2. The summed E-state index contributed by atoms with van der Waals surface area (Å²) in [6.45, 7) is 1.95. The van der Waals surface area contributed by atoms with Crippen molar-refractivity contribution in [3.05, 3.63) is 66.5 Å². The largest absolute Gasteiger partial charge is 0.328 e. The summed E-state index contributed by atoms with van der Waals surface area (Å²) in [5.74, 6) is 0.685. The third-order valence-corrected chi connectivity index (χ3v) is 4.93. The molecule has 0 spiro atoms. The molecule has 0 aliphatic carbocycles. The van der Waals surface area contributed by atoms with Gasteiger partial charge in [-0.25, -0.2) is 9.97 Å². The van der Waals surface area contributed by atoms with Crippen LogP contribution < -0.4 is 5.32 Å². The fourth-order valence-corrected chi connectivity index (χ4v) is 3.64. The van der Waals surface area contributed by atoms with Gasteiger partial charge >= 0.3 is 0 Å². The van der Waals surface area contributed by atoms with E-state index in [0.717, 1.165) is 39.0 Å². The third-order valence-electron chi connectivity index (χ3n) is 4.19. The molecule has 0 saturated heterocycles. The van der Waals surface area contributed by atoms with Gasteiger partial charge in [0, 0.05) is 43.0 Å². The van der Waals surface area contributed by atoms with Crippen molar-refractivity contribution in [1.82, 2.24) is 38.9 Å². The molecule has 2 N–H and O–H groups in total. The minimum atomic E-state index is 0.636. The quantitative estimate of drug-likeness (QED) is 0.475. The second-order valence-corrected chi connectivity index (χ2v) is 7.04. The molecule has 28 heavy (non-hydrogen) atoms. The van der Waals surface area contributed by atoms with E-state index in [1.807, 2.05) is 36.0 Å². The van der Waals surface area contributed by atoms with Crippen LogP contribution in [0.5, 0.6) is 0 Å². The predicted octanol–water partition coefficient (Wildman–Crippen LogP) is 3.01. The van der Waals surface area contributed by atoms with Gasteiger partial charge in [0.25, 0.3) is 0 Å². The van der Waals surface area contributed by atoms with Crippen LogP contribution in [0.3, 0.4) is 0 Å². The second kappa shape index (κ2) is 6.82. The number of nitrogens with one attached hydrogen (secondary N) is 2. The topological polar surface area (TPSA) is 110 Å². The van der Waals surface area contributed by atoms with Crippen molar-refractivity contribution in [3.63, 3.8) is 0 Å². The lowest BCUT2D eigenvalue weighted by molar-refractivity contribution is 1.01. The molecule has 138 valence electrons. The number of hydrogen-bond acceptors (Lipinski definition) is 8. The average molecular weight is 389 g/mol. The fraction of sp³-hybridized carbons (Fsp3) is 0.111. The molecule has 5 heterocycles. The number of aromatic amines is 1. The van der Waals surface area contributed by atoms with Crippen LogP contribution in [0.2, 0.25) is 0 Å². The van der Waals surface area contributed by atoms with Gasteiger partial charge in [-0.1, -0.05) is 0 Å². The molecule has 0 unspecified atom stereocenters. The molecule has 0 amide bonds. The van der Waals surface area contributed by atoms with Crippen LogP contribution >= 0.6 is 11.5 Å². The highest BCUT2D eigenvalue weighted by atomic mass is 32.1. The standard InChI is InChI=1S/C18H15N9S/c1-11-10-27-15(12-6-22-23-7-12)9-21-18(27)17(24-11)25-16-5-13(26-28-16)4-14-8-19-2-3-20-14/h2-3,5-10H,4H2,1H3,(H,22,23)(H,24,25). The van der Waals surface area contributed by atoms with E-state index in [-0.39, 0.29) is 0 Å². The molecule has 10 heteroatoms. The first kappa shape index (κ1) is 16.5. The van der Waals surface area contributed by atoms with Gasteiger partial charge in [0.1, 0.15) is 5.00 Å². The van der Waals surface area contributed by atoms with Crippen LogP contribution in [-0.2, 0) is 6.42 Å². The second-order valence-electron chi connectivity index (χ2n) is 6.24. The van der Waals surface area contributed by atoms with E-state index in [9.17, 15) is 0 Å². The normalized spacial score (nSPS) is 11.2. The number of aryl methyl sites for hydroxylation is 1. The summed E-state index contributed by atoms with van der Waals surface area (Å²) in [5, 5.41) is 11.1. The maximum atomic E-state index is 4.62. The van der Waals surface area contributed by atoms with Crippen molar-refractivity contribution in [3.8, 4) is 11.3 Å². The number of H-pyrrole nitrogens is 1. The molecule has 0 atom stereocenters. The number of rotatable bonds is 5. The number of fused-ring (bicyclic) bond motifs is 1.